The summed E-state index contributed by atoms with van der Waals surface area (Å²) in [6.45, 7) is 2.06. The van der Waals surface area contributed by atoms with Gasteiger partial charge in [0.2, 0.25) is 0 Å². The van der Waals surface area contributed by atoms with E-state index in [2.05, 4.69) is 16.9 Å². The van der Waals surface area contributed by atoms with Crippen LogP contribution in [0.1, 0.15) is 34.3 Å². The molecule has 0 aliphatic carbocycles. The van der Waals surface area contributed by atoms with Gasteiger partial charge >= 0.3 is 0 Å². The average molecular weight is 416 g/mol. The molecule has 2 heterocycles. The molecule has 1 unspecified atom stereocenters. The number of thioether (sulfide) groups is 1. The fourth-order valence-corrected chi connectivity index (χ4v) is 5.35. The first kappa shape index (κ1) is 18.5. The highest BCUT2D eigenvalue weighted by atomic mass is 35.5. The first-order valence-electron chi connectivity index (χ1n) is 8.60. The Bertz CT molecular complexity index is 1030. The fraction of sp³-hybridized carbons (Fsp3) is 0.250. The third-order valence-corrected chi connectivity index (χ3v) is 6.76. The van der Waals surface area contributed by atoms with Gasteiger partial charge in [-0.25, -0.2) is 4.98 Å². The number of benzene rings is 2. The molecule has 1 aliphatic rings. The van der Waals surface area contributed by atoms with Gasteiger partial charge < -0.3 is 5.73 Å². The maximum Gasteiger partial charge on any atom is 0.195 e. The summed E-state index contributed by atoms with van der Waals surface area (Å²) in [5.41, 5.74) is 8.25. The van der Waals surface area contributed by atoms with Crippen molar-refractivity contribution in [3.05, 3.63) is 63.6 Å². The number of fused-ring (bicyclic) bond motifs is 1. The summed E-state index contributed by atoms with van der Waals surface area (Å²) < 4.78 is 1.02. The Morgan fingerprint density at radius 2 is 2.11 bits per heavy atom. The lowest BCUT2D eigenvalue weighted by Crippen LogP contribution is -2.28. The molecule has 3 aromatic rings. The molecule has 7 heteroatoms. The lowest BCUT2D eigenvalue weighted by atomic mass is 9.88. The first-order chi connectivity index (χ1) is 12.9. The van der Waals surface area contributed by atoms with Crippen molar-refractivity contribution in [1.82, 2.24) is 4.98 Å². The van der Waals surface area contributed by atoms with Gasteiger partial charge in [0, 0.05) is 17.2 Å². The number of hydrogen-bond acceptors (Lipinski definition) is 6. The molecule has 0 bridgehead atoms. The standard InChI is InChI=1S/C20H18ClN3OS2/c1-20(6-7-26-19(22)24-20)13-8-12(9-14(21)11-13)10-16(25)18-23-15-4-2-3-5-17(15)27-18/h2-5,8-9,11H,6-7,10H2,1H3,(H2,22,24). The van der Waals surface area contributed by atoms with Gasteiger partial charge in [0.15, 0.2) is 16.0 Å². The largest absolute Gasteiger partial charge is 0.379 e. The number of Topliss-reactive ketones (excluding diaryl/α,β-unsaturated/α-hetero) is 1. The van der Waals surface area contributed by atoms with Crippen LogP contribution >= 0.6 is 34.7 Å². The Morgan fingerprint density at radius 1 is 1.30 bits per heavy atom. The molecule has 0 fully saturated rings. The van der Waals surface area contributed by atoms with Crippen LogP contribution in [-0.4, -0.2) is 21.7 Å². The molecule has 2 N–H and O–H groups in total. The van der Waals surface area contributed by atoms with Gasteiger partial charge in [0.25, 0.3) is 0 Å². The number of carbonyl (C=O) groups is 1. The molecule has 0 radical (unpaired) electrons. The van der Waals surface area contributed by atoms with Crippen molar-refractivity contribution < 1.29 is 4.79 Å². The summed E-state index contributed by atoms with van der Waals surface area (Å²) in [7, 11) is 0. The summed E-state index contributed by atoms with van der Waals surface area (Å²) in [6, 6.07) is 13.5. The minimum atomic E-state index is -0.409. The number of ketones is 1. The van der Waals surface area contributed by atoms with E-state index in [9.17, 15) is 4.79 Å². The van der Waals surface area contributed by atoms with E-state index in [1.165, 1.54) is 11.3 Å². The van der Waals surface area contributed by atoms with E-state index in [1.807, 2.05) is 42.5 Å². The number of rotatable bonds is 4. The van der Waals surface area contributed by atoms with Crippen molar-refractivity contribution in [2.45, 2.75) is 25.3 Å². The van der Waals surface area contributed by atoms with E-state index < -0.39 is 5.54 Å². The van der Waals surface area contributed by atoms with E-state index in [4.69, 9.17) is 17.3 Å². The second-order valence-electron chi connectivity index (χ2n) is 6.76. The predicted molar refractivity (Wildman–Crippen MR) is 115 cm³/mol. The Kier molecular flexibility index (Phi) is 4.97. The lowest BCUT2D eigenvalue weighted by Gasteiger charge is -2.30. The molecule has 1 aliphatic heterocycles. The van der Waals surface area contributed by atoms with Crippen molar-refractivity contribution in [3.8, 4) is 0 Å². The van der Waals surface area contributed by atoms with Gasteiger partial charge in [-0.1, -0.05) is 41.6 Å². The maximum absolute atomic E-state index is 12.8. The number of halogens is 1. The number of amidine groups is 1. The highest BCUT2D eigenvalue weighted by Crippen LogP contribution is 2.36. The second kappa shape index (κ2) is 7.26. The smallest absolute Gasteiger partial charge is 0.195 e. The van der Waals surface area contributed by atoms with Gasteiger partial charge in [0.1, 0.15) is 0 Å². The number of hydrogen-bond donors (Lipinski definition) is 1. The molecule has 0 spiro atoms. The summed E-state index contributed by atoms with van der Waals surface area (Å²) >= 11 is 9.34. The van der Waals surface area contributed by atoms with Crippen molar-refractivity contribution in [2.75, 3.05) is 5.75 Å². The molecule has 4 nitrogen and oxygen atoms in total. The summed E-state index contributed by atoms with van der Waals surface area (Å²) in [5, 5.41) is 1.73. The quantitative estimate of drug-likeness (QED) is 0.606. The summed E-state index contributed by atoms with van der Waals surface area (Å²) in [4.78, 5) is 21.9. The van der Waals surface area contributed by atoms with Gasteiger partial charge in [0.05, 0.1) is 15.8 Å². The number of nitrogens with two attached hydrogens (primary N) is 1. The number of aliphatic imine (C=N–C) groups is 1. The van der Waals surface area contributed by atoms with E-state index in [0.717, 1.165) is 33.5 Å². The van der Waals surface area contributed by atoms with Crippen LogP contribution in [0.15, 0.2) is 47.5 Å². The molecule has 1 aromatic heterocycles. The number of nitrogens with zero attached hydrogens (tertiary/aromatic N) is 2. The normalized spacial score (nSPS) is 19.9. The number of thiazole rings is 1. The fourth-order valence-electron chi connectivity index (χ4n) is 3.21. The summed E-state index contributed by atoms with van der Waals surface area (Å²) in [6.07, 6.45) is 1.14. The highest BCUT2D eigenvalue weighted by Gasteiger charge is 2.30. The molecule has 0 saturated heterocycles. The molecular formula is C20H18ClN3OS2. The number of aromatic nitrogens is 1. The SMILES string of the molecule is CC1(c2cc(Cl)cc(CC(=O)c3nc4ccccc4s3)c2)CCSC(N)=N1. The molecular weight excluding hydrogens is 398 g/mol. The molecule has 138 valence electrons. The highest BCUT2D eigenvalue weighted by molar-refractivity contribution is 8.13. The Morgan fingerprint density at radius 3 is 2.89 bits per heavy atom. The lowest BCUT2D eigenvalue weighted by molar-refractivity contribution is 0.0993. The minimum absolute atomic E-state index is 0.00298. The van der Waals surface area contributed by atoms with Crippen LogP contribution < -0.4 is 5.73 Å². The van der Waals surface area contributed by atoms with Crippen LogP contribution in [0.2, 0.25) is 5.02 Å². The molecule has 0 saturated carbocycles. The molecule has 1 atom stereocenters. The zero-order chi connectivity index (χ0) is 19.0. The van der Waals surface area contributed by atoms with Gasteiger partial charge in [-0.05, 0) is 48.7 Å². The summed E-state index contributed by atoms with van der Waals surface area (Å²) in [5.74, 6) is 0.912. The van der Waals surface area contributed by atoms with E-state index in [1.54, 1.807) is 11.8 Å². The monoisotopic (exact) mass is 415 g/mol. The van der Waals surface area contributed by atoms with Crippen molar-refractivity contribution in [3.63, 3.8) is 0 Å². The van der Waals surface area contributed by atoms with Crippen LogP contribution in [0.3, 0.4) is 0 Å². The van der Waals surface area contributed by atoms with Crippen LogP contribution in [0.4, 0.5) is 0 Å². The minimum Gasteiger partial charge on any atom is -0.379 e. The zero-order valence-electron chi connectivity index (χ0n) is 14.7. The zero-order valence-corrected chi connectivity index (χ0v) is 17.1. The third-order valence-electron chi connectivity index (χ3n) is 4.67. The van der Waals surface area contributed by atoms with Gasteiger partial charge in [-0.15, -0.1) is 11.3 Å². The van der Waals surface area contributed by atoms with Crippen molar-refractivity contribution >= 4 is 55.9 Å². The topological polar surface area (TPSA) is 68.3 Å². The van der Waals surface area contributed by atoms with Gasteiger partial charge in [-0.3, -0.25) is 9.79 Å². The number of carbonyl (C=O) groups excluding carboxylic acids is 1. The van der Waals surface area contributed by atoms with Crippen molar-refractivity contribution in [2.24, 2.45) is 10.7 Å². The third kappa shape index (κ3) is 3.88. The van der Waals surface area contributed by atoms with Crippen LogP contribution in [0.25, 0.3) is 10.2 Å². The molecule has 0 amide bonds. The van der Waals surface area contributed by atoms with Crippen LogP contribution in [-0.2, 0) is 12.0 Å². The number of para-hydroxylation sites is 1. The Balaban J connectivity index is 1.63. The van der Waals surface area contributed by atoms with Crippen LogP contribution in [0.5, 0.6) is 0 Å². The first-order valence-corrected chi connectivity index (χ1v) is 10.8. The Hall–Kier alpha value is -1.89. The molecule has 2 aromatic carbocycles. The van der Waals surface area contributed by atoms with E-state index in [0.29, 0.717) is 15.2 Å². The molecule has 4 rings (SSSR count). The van der Waals surface area contributed by atoms with E-state index in [-0.39, 0.29) is 12.2 Å². The molecule has 27 heavy (non-hydrogen) atoms. The van der Waals surface area contributed by atoms with Crippen LogP contribution in [0, 0.1) is 0 Å². The van der Waals surface area contributed by atoms with E-state index >= 15 is 0 Å². The van der Waals surface area contributed by atoms with Crippen molar-refractivity contribution in [1.29, 1.82) is 0 Å². The van der Waals surface area contributed by atoms with Gasteiger partial charge in [-0.2, -0.15) is 0 Å². The maximum atomic E-state index is 12.8. The Labute approximate surface area is 170 Å². The average Bonchev–Trinajstić information content (AvgIpc) is 3.05. The second-order valence-corrected chi connectivity index (χ2v) is 9.34. The predicted octanol–water partition coefficient (Wildman–Crippen LogP) is 5.04.